The molecule has 0 heterocycles. The first-order chi connectivity index (χ1) is 12.9. The van der Waals surface area contributed by atoms with Crippen LogP contribution in [0.5, 0.6) is 0 Å². The van der Waals surface area contributed by atoms with Crippen LogP contribution >= 0.6 is 11.6 Å². The maximum absolute atomic E-state index is 12.5. The number of likely N-dealkylation sites (N-methyl/N-ethyl adjacent to an activating group) is 1. The Kier molecular flexibility index (Phi) is 7.82. The SMILES string of the molecule is CCc1cccc(CC)c1NC(=O)C[NH+](C)CC(=O)Nc1ccccc1Cl. The molecule has 0 aliphatic heterocycles. The summed E-state index contributed by atoms with van der Waals surface area (Å²) >= 11 is 6.05. The van der Waals surface area contributed by atoms with Crippen molar-refractivity contribution in [2.24, 2.45) is 0 Å². The summed E-state index contributed by atoms with van der Waals surface area (Å²) in [5, 5.41) is 6.30. The molecule has 2 aromatic rings. The minimum Gasteiger partial charge on any atom is -0.322 e. The number of para-hydroxylation sites is 2. The van der Waals surface area contributed by atoms with Crippen LogP contribution in [0.15, 0.2) is 42.5 Å². The van der Waals surface area contributed by atoms with Crippen LogP contribution in [0.3, 0.4) is 0 Å². The molecule has 0 bridgehead atoms. The summed E-state index contributed by atoms with van der Waals surface area (Å²) in [5.41, 5.74) is 3.72. The fraction of sp³-hybridized carbons (Fsp3) is 0.333. The normalized spacial score (nSPS) is 11.7. The van der Waals surface area contributed by atoms with Gasteiger partial charge in [-0.3, -0.25) is 9.59 Å². The topological polar surface area (TPSA) is 62.6 Å². The van der Waals surface area contributed by atoms with Gasteiger partial charge in [-0.1, -0.05) is 55.8 Å². The molecular formula is C21H27ClN3O2+. The van der Waals surface area contributed by atoms with Gasteiger partial charge in [0.25, 0.3) is 11.8 Å². The fourth-order valence-corrected chi connectivity index (χ4v) is 3.14. The Morgan fingerprint density at radius 1 is 0.889 bits per heavy atom. The van der Waals surface area contributed by atoms with Gasteiger partial charge in [0, 0.05) is 5.69 Å². The third-order valence-electron chi connectivity index (χ3n) is 4.34. The van der Waals surface area contributed by atoms with E-state index in [0.717, 1.165) is 34.6 Å². The number of hydrogen-bond donors (Lipinski definition) is 3. The van der Waals surface area contributed by atoms with Crippen molar-refractivity contribution in [2.75, 3.05) is 30.8 Å². The van der Waals surface area contributed by atoms with E-state index >= 15 is 0 Å². The molecular weight excluding hydrogens is 362 g/mol. The van der Waals surface area contributed by atoms with Gasteiger partial charge in [-0.15, -0.1) is 0 Å². The van der Waals surface area contributed by atoms with Crippen LogP contribution in [0.25, 0.3) is 0 Å². The first kappa shape index (κ1) is 20.9. The molecule has 0 aliphatic carbocycles. The monoisotopic (exact) mass is 388 g/mol. The minimum absolute atomic E-state index is 0.103. The second-order valence-electron chi connectivity index (χ2n) is 6.55. The maximum Gasteiger partial charge on any atom is 0.279 e. The van der Waals surface area contributed by atoms with Crippen LogP contribution in [-0.2, 0) is 22.4 Å². The van der Waals surface area contributed by atoms with Crippen LogP contribution in [0, 0.1) is 0 Å². The van der Waals surface area contributed by atoms with E-state index in [1.165, 1.54) is 0 Å². The lowest BCUT2D eigenvalue weighted by atomic mass is 10.0. The van der Waals surface area contributed by atoms with Gasteiger partial charge in [0.2, 0.25) is 0 Å². The molecule has 0 aliphatic rings. The van der Waals surface area contributed by atoms with Crippen molar-refractivity contribution in [2.45, 2.75) is 26.7 Å². The number of quaternary nitrogens is 1. The van der Waals surface area contributed by atoms with Gasteiger partial charge in [0.05, 0.1) is 17.8 Å². The zero-order chi connectivity index (χ0) is 19.8. The molecule has 2 amide bonds. The fourth-order valence-electron chi connectivity index (χ4n) is 2.95. The molecule has 144 valence electrons. The van der Waals surface area contributed by atoms with Crippen molar-refractivity contribution in [3.63, 3.8) is 0 Å². The van der Waals surface area contributed by atoms with Gasteiger partial charge in [-0.2, -0.15) is 0 Å². The first-order valence-electron chi connectivity index (χ1n) is 9.20. The number of hydrogen-bond acceptors (Lipinski definition) is 2. The summed E-state index contributed by atoms with van der Waals surface area (Å²) in [6.07, 6.45) is 1.71. The van der Waals surface area contributed by atoms with E-state index in [4.69, 9.17) is 11.6 Å². The van der Waals surface area contributed by atoms with Crippen molar-refractivity contribution in [3.05, 3.63) is 58.6 Å². The van der Waals surface area contributed by atoms with Crippen molar-refractivity contribution < 1.29 is 14.5 Å². The van der Waals surface area contributed by atoms with Crippen molar-refractivity contribution in [1.29, 1.82) is 0 Å². The molecule has 27 heavy (non-hydrogen) atoms. The molecule has 0 aromatic heterocycles. The number of carbonyl (C=O) groups excluding carboxylic acids is 2. The van der Waals surface area contributed by atoms with E-state index in [0.29, 0.717) is 10.7 Å². The zero-order valence-electron chi connectivity index (χ0n) is 16.1. The summed E-state index contributed by atoms with van der Waals surface area (Å²) < 4.78 is 0. The number of carbonyl (C=O) groups is 2. The number of benzene rings is 2. The lowest BCUT2D eigenvalue weighted by molar-refractivity contribution is -0.862. The zero-order valence-corrected chi connectivity index (χ0v) is 16.8. The Labute approximate surface area is 165 Å². The van der Waals surface area contributed by atoms with Crippen LogP contribution in [-0.4, -0.2) is 32.0 Å². The van der Waals surface area contributed by atoms with Gasteiger partial charge in [0.1, 0.15) is 0 Å². The third-order valence-corrected chi connectivity index (χ3v) is 4.67. The molecule has 0 radical (unpaired) electrons. The summed E-state index contributed by atoms with van der Waals surface area (Å²) in [6, 6.07) is 13.2. The Balaban J connectivity index is 1.92. The molecule has 0 spiro atoms. The van der Waals surface area contributed by atoms with Gasteiger partial charge < -0.3 is 15.5 Å². The van der Waals surface area contributed by atoms with Crippen molar-refractivity contribution >= 4 is 34.8 Å². The molecule has 0 fully saturated rings. The second kappa shape index (κ2) is 10.1. The number of rotatable bonds is 8. The predicted octanol–water partition coefficient (Wildman–Crippen LogP) is 2.56. The molecule has 0 saturated heterocycles. The smallest absolute Gasteiger partial charge is 0.279 e. The Bertz CT molecular complexity index is 786. The molecule has 6 heteroatoms. The number of amides is 2. The van der Waals surface area contributed by atoms with E-state index in [9.17, 15) is 9.59 Å². The van der Waals surface area contributed by atoms with Crippen LogP contribution in [0.2, 0.25) is 5.02 Å². The highest BCUT2D eigenvalue weighted by Gasteiger charge is 2.17. The van der Waals surface area contributed by atoms with Crippen LogP contribution < -0.4 is 15.5 Å². The average Bonchev–Trinajstić information content (AvgIpc) is 2.63. The lowest BCUT2D eigenvalue weighted by Crippen LogP contribution is -3.11. The molecule has 2 aromatic carbocycles. The molecule has 5 nitrogen and oxygen atoms in total. The van der Waals surface area contributed by atoms with Gasteiger partial charge >= 0.3 is 0 Å². The van der Waals surface area contributed by atoms with Gasteiger partial charge in [-0.25, -0.2) is 0 Å². The average molecular weight is 389 g/mol. The van der Waals surface area contributed by atoms with E-state index in [-0.39, 0.29) is 24.9 Å². The number of nitrogens with one attached hydrogen (secondary N) is 3. The number of aryl methyl sites for hydroxylation is 2. The summed E-state index contributed by atoms with van der Waals surface area (Å²) in [6.45, 7) is 4.52. The molecule has 0 saturated carbocycles. The quantitative estimate of drug-likeness (QED) is 0.650. The molecule has 2 rings (SSSR count). The minimum atomic E-state index is -0.184. The molecule has 1 atom stereocenters. The highest BCUT2D eigenvalue weighted by atomic mass is 35.5. The van der Waals surface area contributed by atoms with Crippen LogP contribution in [0.4, 0.5) is 11.4 Å². The Morgan fingerprint density at radius 2 is 1.44 bits per heavy atom. The summed E-state index contributed by atoms with van der Waals surface area (Å²) in [7, 11) is 1.82. The summed E-state index contributed by atoms with van der Waals surface area (Å²) in [5.74, 6) is -0.287. The standard InChI is InChI=1S/C21H26ClN3O2/c1-4-15-9-8-10-16(5-2)21(15)24-20(27)14-25(3)13-19(26)23-18-12-7-6-11-17(18)22/h6-12H,4-5,13-14H2,1-3H3,(H,23,26)(H,24,27)/p+1. The highest BCUT2D eigenvalue weighted by Crippen LogP contribution is 2.22. The second-order valence-corrected chi connectivity index (χ2v) is 6.95. The molecule has 1 unspecified atom stereocenters. The lowest BCUT2D eigenvalue weighted by Gasteiger charge is -2.17. The maximum atomic E-state index is 12.5. The first-order valence-corrected chi connectivity index (χ1v) is 9.58. The summed E-state index contributed by atoms with van der Waals surface area (Å²) in [4.78, 5) is 25.5. The molecule has 3 N–H and O–H groups in total. The van der Waals surface area contributed by atoms with E-state index in [2.05, 4.69) is 24.5 Å². The number of anilines is 2. The van der Waals surface area contributed by atoms with Gasteiger partial charge in [0.15, 0.2) is 13.1 Å². The highest BCUT2D eigenvalue weighted by molar-refractivity contribution is 6.33. The van der Waals surface area contributed by atoms with Crippen LogP contribution in [0.1, 0.15) is 25.0 Å². The largest absolute Gasteiger partial charge is 0.322 e. The predicted molar refractivity (Wildman–Crippen MR) is 111 cm³/mol. The van der Waals surface area contributed by atoms with Crippen molar-refractivity contribution in [3.8, 4) is 0 Å². The van der Waals surface area contributed by atoms with Gasteiger partial charge in [-0.05, 0) is 36.1 Å². The third kappa shape index (κ3) is 6.08. The Morgan fingerprint density at radius 3 is 2.00 bits per heavy atom. The van der Waals surface area contributed by atoms with E-state index in [1.807, 2.05) is 31.3 Å². The number of halogens is 1. The van der Waals surface area contributed by atoms with E-state index < -0.39 is 0 Å². The van der Waals surface area contributed by atoms with E-state index in [1.54, 1.807) is 18.2 Å². The van der Waals surface area contributed by atoms with Crippen molar-refractivity contribution in [1.82, 2.24) is 0 Å². The Hall–Kier alpha value is -2.37.